The highest BCUT2D eigenvalue weighted by Crippen LogP contribution is 2.35. The van der Waals surface area contributed by atoms with E-state index in [1.54, 1.807) is 29.5 Å². The first-order valence-corrected chi connectivity index (χ1v) is 9.66. The van der Waals surface area contributed by atoms with Crippen LogP contribution in [0.5, 0.6) is 0 Å². The van der Waals surface area contributed by atoms with Gasteiger partial charge in [0, 0.05) is 0 Å². The Hall–Kier alpha value is -2.31. The van der Waals surface area contributed by atoms with Crippen LogP contribution in [0.15, 0.2) is 48.5 Å². The number of likely N-dealkylation sites (tertiary alicyclic amines) is 1. The lowest BCUT2D eigenvalue weighted by Gasteiger charge is -2.33. The van der Waals surface area contributed by atoms with Crippen molar-refractivity contribution in [2.45, 2.75) is 25.3 Å². The van der Waals surface area contributed by atoms with E-state index in [-0.39, 0.29) is 24.2 Å². The number of piperidine rings is 1. The molecule has 0 radical (unpaired) electrons. The van der Waals surface area contributed by atoms with Gasteiger partial charge in [0.05, 0.1) is 28.5 Å². The van der Waals surface area contributed by atoms with E-state index in [1.807, 2.05) is 18.2 Å². The van der Waals surface area contributed by atoms with Crippen molar-refractivity contribution >= 4 is 33.1 Å². The summed E-state index contributed by atoms with van der Waals surface area (Å²) in [4.78, 5) is 19.4. The van der Waals surface area contributed by atoms with Crippen molar-refractivity contribution in [2.75, 3.05) is 18.4 Å². The minimum atomic E-state index is -0.415. The van der Waals surface area contributed by atoms with Gasteiger partial charge < -0.3 is 5.32 Å². The van der Waals surface area contributed by atoms with Crippen LogP contribution in [0.4, 0.5) is 10.1 Å². The van der Waals surface area contributed by atoms with Gasteiger partial charge in [0.15, 0.2) is 0 Å². The van der Waals surface area contributed by atoms with Crippen LogP contribution in [0, 0.1) is 5.82 Å². The van der Waals surface area contributed by atoms with Crippen molar-refractivity contribution in [3.05, 3.63) is 59.4 Å². The number of amides is 1. The minimum Gasteiger partial charge on any atom is -0.322 e. The Balaban J connectivity index is 1.50. The SMILES string of the molecule is O=C(CN1CCCC[C@@H]1c1nc2ccccc2s1)Nc1ccccc1F. The fourth-order valence-electron chi connectivity index (χ4n) is 3.43. The molecule has 6 heteroatoms. The van der Waals surface area contributed by atoms with Gasteiger partial charge in [-0.1, -0.05) is 30.7 Å². The smallest absolute Gasteiger partial charge is 0.238 e. The number of benzene rings is 2. The summed E-state index contributed by atoms with van der Waals surface area (Å²) in [6.45, 7) is 1.10. The number of thiazole rings is 1. The number of anilines is 1. The maximum Gasteiger partial charge on any atom is 0.238 e. The molecule has 26 heavy (non-hydrogen) atoms. The Bertz CT molecular complexity index is 893. The van der Waals surface area contributed by atoms with Crippen LogP contribution in [-0.2, 0) is 4.79 Å². The largest absolute Gasteiger partial charge is 0.322 e. The van der Waals surface area contributed by atoms with Crippen molar-refractivity contribution in [1.82, 2.24) is 9.88 Å². The molecule has 1 saturated heterocycles. The number of nitrogens with one attached hydrogen (secondary N) is 1. The molecular weight excluding hydrogens is 349 g/mol. The number of fused-ring (bicyclic) bond motifs is 1. The zero-order valence-corrected chi connectivity index (χ0v) is 15.1. The van der Waals surface area contributed by atoms with Gasteiger partial charge in [-0.25, -0.2) is 9.37 Å². The second kappa shape index (κ2) is 7.51. The van der Waals surface area contributed by atoms with E-state index in [9.17, 15) is 9.18 Å². The predicted octanol–water partition coefficient (Wildman–Crippen LogP) is 4.60. The topological polar surface area (TPSA) is 45.2 Å². The Morgan fingerprint density at radius 2 is 2.00 bits per heavy atom. The molecule has 2 heterocycles. The maximum absolute atomic E-state index is 13.8. The lowest BCUT2D eigenvalue weighted by molar-refractivity contribution is -0.118. The first-order chi connectivity index (χ1) is 12.7. The summed E-state index contributed by atoms with van der Waals surface area (Å²) < 4.78 is 14.9. The fourth-order valence-corrected chi connectivity index (χ4v) is 4.57. The van der Waals surface area contributed by atoms with Crippen molar-refractivity contribution < 1.29 is 9.18 Å². The van der Waals surface area contributed by atoms with Gasteiger partial charge in [0.25, 0.3) is 0 Å². The molecule has 1 N–H and O–H groups in total. The third-order valence-corrected chi connectivity index (χ3v) is 5.84. The molecule has 134 valence electrons. The van der Waals surface area contributed by atoms with Gasteiger partial charge in [-0.3, -0.25) is 9.69 Å². The maximum atomic E-state index is 13.8. The Labute approximate surface area is 155 Å². The van der Waals surface area contributed by atoms with E-state index >= 15 is 0 Å². The second-order valence-electron chi connectivity index (χ2n) is 6.53. The van der Waals surface area contributed by atoms with E-state index < -0.39 is 5.82 Å². The molecule has 0 saturated carbocycles. The molecular formula is C20H20FN3OS. The molecule has 1 aliphatic rings. The lowest BCUT2D eigenvalue weighted by atomic mass is 10.0. The van der Waals surface area contributed by atoms with E-state index in [1.165, 1.54) is 10.8 Å². The molecule has 2 aromatic carbocycles. The number of rotatable bonds is 4. The molecule has 1 aromatic heterocycles. The van der Waals surface area contributed by atoms with Crippen LogP contribution in [0.1, 0.15) is 30.3 Å². The van der Waals surface area contributed by atoms with Gasteiger partial charge in [-0.05, 0) is 43.7 Å². The number of carbonyl (C=O) groups is 1. The number of carbonyl (C=O) groups excluding carboxylic acids is 1. The molecule has 1 aliphatic heterocycles. The summed E-state index contributed by atoms with van der Waals surface area (Å²) in [6.07, 6.45) is 3.19. The Morgan fingerprint density at radius 1 is 1.19 bits per heavy atom. The Kier molecular flexibility index (Phi) is 4.95. The van der Waals surface area contributed by atoms with E-state index in [0.717, 1.165) is 36.3 Å². The van der Waals surface area contributed by atoms with E-state index in [4.69, 9.17) is 4.98 Å². The number of halogens is 1. The van der Waals surface area contributed by atoms with Crippen molar-refractivity contribution in [3.8, 4) is 0 Å². The first kappa shape index (κ1) is 17.1. The molecule has 1 fully saturated rings. The highest BCUT2D eigenvalue weighted by molar-refractivity contribution is 7.18. The number of para-hydroxylation sites is 2. The number of hydrogen-bond donors (Lipinski definition) is 1. The zero-order chi connectivity index (χ0) is 17.9. The molecule has 3 aromatic rings. The van der Waals surface area contributed by atoms with Crippen molar-refractivity contribution in [3.63, 3.8) is 0 Å². The zero-order valence-electron chi connectivity index (χ0n) is 14.3. The summed E-state index contributed by atoms with van der Waals surface area (Å²) >= 11 is 1.70. The normalized spacial score (nSPS) is 18.1. The first-order valence-electron chi connectivity index (χ1n) is 8.84. The van der Waals surface area contributed by atoms with E-state index in [2.05, 4.69) is 16.3 Å². The molecule has 0 spiro atoms. The summed E-state index contributed by atoms with van der Waals surface area (Å²) in [6, 6.07) is 14.5. The summed E-state index contributed by atoms with van der Waals surface area (Å²) in [7, 11) is 0. The second-order valence-corrected chi connectivity index (χ2v) is 7.59. The van der Waals surface area contributed by atoms with Gasteiger partial charge in [0.2, 0.25) is 5.91 Å². The van der Waals surface area contributed by atoms with Crippen molar-refractivity contribution in [2.24, 2.45) is 0 Å². The molecule has 4 rings (SSSR count). The molecule has 1 atom stereocenters. The average Bonchev–Trinajstić information content (AvgIpc) is 3.08. The quantitative estimate of drug-likeness (QED) is 0.731. The highest BCUT2D eigenvalue weighted by atomic mass is 32.1. The summed E-state index contributed by atoms with van der Waals surface area (Å²) in [5.41, 5.74) is 1.24. The minimum absolute atomic E-state index is 0.146. The fraction of sp³-hybridized carbons (Fsp3) is 0.300. The molecule has 0 unspecified atom stereocenters. The predicted molar refractivity (Wildman–Crippen MR) is 103 cm³/mol. The standard InChI is InChI=1S/C20H20FN3OS/c21-14-7-1-2-8-15(14)22-19(25)13-24-12-6-5-10-17(24)20-23-16-9-3-4-11-18(16)26-20/h1-4,7-9,11,17H,5-6,10,12-13H2,(H,22,25)/t17-/m1/s1. The van der Waals surface area contributed by atoms with Gasteiger partial charge >= 0.3 is 0 Å². The highest BCUT2D eigenvalue weighted by Gasteiger charge is 2.28. The number of hydrogen-bond acceptors (Lipinski definition) is 4. The Morgan fingerprint density at radius 3 is 2.85 bits per heavy atom. The van der Waals surface area contributed by atoms with Crippen LogP contribution < -0.4 is 5.32 Å². The van der Waals surface area contributed by atoms with Gasteiger partial charge in [0.1, 0.15) is 10.8 Å². The van der Waals surface area contributed by atoms with Gasteiger partial charge in [-0.15, -0.1) is 11.3 Å². The van der Waals surface area contributed by atoms with Crippen LogP contribution in [0.2, 0.25) is 0 Å². The number of nitrogens with zero attached hydrogens (tertiary/aromatic N) is 2. The number of aromatic nitrogens is 1. The van der Waals surface area contributed by atoms with E-state index in [0.29, 0.717) is 0 Å². The van der Waals surface area contributed by atoms with Gasteiger partial charge in [-0.2, -0.15) is 0 Å². The summed E-state index contributed by atoms with van der Waals surface area (Å²) in [5.74, 6) is -0.606. The van der Waals surface area contributed by atoms with Crippen LogP contribution in [-0.4, -0.2) is 28.9 Å². The van der Waals surface area contributed by atoms with Crippen LogP contribution in [0.3, 0.4) is 0 Å². The molecule has 1 amide bonds. The average molecular weight is 369 g/mol. The van der Waals surface area contributed by atoms with Crippen LogP contribution in [0.25, 0.3) is 10.2 Å². The monoisotopic (exact) mass is 369 g/mol. The van der Waals surface area contributed by atoms with Crippen LogP contribution >= 0.6 is 11.3 Å². The summed E-state index contributed by atoms with van der Waals surface area (Å²) in [5, 5.41) is 3.74. The molecule has 0 aliphatic carbocycles. The third kappa shape index (κ3) is 3.61. The third-order valence-electron chi connectivity index (χ3n) is 4.70. The van der Waals surface area contributed by atoms with Crippen molar-refractivity contribution in [1.29, 1.82) is 0 Å². The molecule has 0 bridgehead atoms. The lowest BCUT2D eigenvalue weighted by Crippen LogP contribution is -2.39. The molecule has 4 nitrogen and oxygen atoms in total.